The maximum Gasteiger partial charge on any atom is 0.416 e. The van der Waals surface area contributed by atoms with Gasteiger partial charge in [0.05, 0.1) is 24.6 Å². The Morgan fingerprint density at radius 3 is 2.53 bits per heavy atom. The molecule has 30 heavy (non-hydrogen) atoms. The van der Waals surface area contributed by atoms with Crippen molar-refractivity contribution in [3.05, 3.63) is 35.4 Å². The summed E-state index contributed by atoms with van der Waals surface area (Å²) in [7, 11) is 0. The van der Waals surface area contributed by atoms with E-state index in [1.54, 1.807) is 13.0 Å². The molecular formula is C22H30F3N3O2. The van der Waals surface area contributed by atoms with Crippen LogP contribution in [0.2, 0.25) is 0 Å². The Hall–Kier alpha value is -2.25. The summed E-state index contributed by atoms with van der Waals surface area (Å²) >= 11 is 0. The second-order valence-electron chi connectivity index (χ2n) is 8.04. The van der Waals surface area contributed by atoms with Gasteiger partial charge in [-0.3, -0.25) is 9.79 Å². The molecule has 1 N–H and O–H groups in total. The second kappa shape index (κ2) is 9.27. The van der Waals surface area contributed by atoms with E-state index in [1.807, 2.05) is 6.92 Å². The molecule has 0 radical (unpaired) electrons. The molecular weight excluding hydrogens is 395 g/mol. The Labute approximate surface area is 175 Å². The van der Waals surface area contributed by atoms with Crippen LogP contribution in [0.15, 0.2) is 29.3 Å². The second-order valence-corrected chi connectivity index (χ2v) is 8.04. The number of benzene rings is 1. The van der Waals surface area contributed by atoms with Gasteiger partial charge in [0.1, 0.15) is 0 Å². The quantitative estimate of drug-likeness (QED) is 0.426. The minimum atomic E-state index is -4.34. The number of rotatable bonds is 6. The number of piperidine rings is 1. The first-order valence-electron chi connectivity index (χ1n) is 10.7. The first-order chi connectivity index (χ1) is 14.3. The number of nitrogens with one attached hydrogen (secondary N) is 1. The predicted octanol–water partition coefficient (Wildman–Crippen LogP) is 3.98. The van der Waals surface area contributed by atoms with E-state index < -0.39 is 11.7 Å². The molecule has 0 atom stereocenters. The molecule has 1 saturated carbocycles. The van der Waals surface area contributed by atoms with Crippen molar-refractivity contribution in [2.24, 2.45) is 10.9 Å². The summed E-state index contributed by atoms with van der Waals surface area (Å²) in [5, 5.41) is 3.29. The Balaban J connectivity index is 1.68. The van der Waals surface area contributed by atoms with Crippen LogP contribution >= 0.6 is 0 Å². The van der Waals surface area contributed by atoms with Crippen LogP contribution in [0.25, 0.3) is 0 Å². The molecule has 1 aliphatic carbocycles. The van der Waals surface area contributed by atoms with Crippen LogP contribution < -0.4 is 5.32 Å². The van der Waals surface area contributed by atoms with Crippen LogP contribution in [-0.4, -0.2) is 49.6 Å². The Kier molecular flexibility index (Phi) is 6.93. The molecule has 0 unspecified atom stereocenters. The molecule has 1 aromatic rings. The van der Waals surface area contributed by atoms with E-state index in [9.17, 15) is 18.0 Å². The summed E-state index contributed by atoms with van der Waals surface area (Å²) in [6.45, 7) is 6.74. The van der Waals surface area contributed by atoms with Gasteiger partial charge in [-0.05, 0) is 51.2 Å². The van der Waals surface area contributed by atoms with E-state index in [0.29, 0.717) is 51.2 Å². The average Bonchev–Trinajstić information content (AvgIpc) is 3.52. The first kappa shape index (κ1) is 22.4. The van der Waals surface area contributed by atoms with Crippen molar-refractivity contribution in [1.29, 1.82) is 0 Å². The number of aliphatic imine (C=N–C) groups is 1. The Morgan fingerprint density at radius 2 is 1.97 bits per heavy atom. The number of halogens is 3. The van der Waals surface area contributed by atoms with Gasteiger partial charge in [0, 0.05) is 25.0 Å². The highest BCUT2D eigenvalue weighted by Gasteiger charge is 2.45. The molecule has 1 aromatic carbocycles. The standard InChI is InChI=1S/C22H30F3N3O2/c1-3-26-20(28-12-8-16(9-13-28)19(29)30-4-2)27-15-21(10-11-21)17-6-5-7-18(14-17)22(23,24)25/h5-7,14,16H,3-4,8-13,15H2,1-2H3,(H,26,27). The summed E-state index contributed by atoms with van der Waals surface area (Å²) in [5.74, 6) is 0.544. The molecule has 5 nitrogen and oxygen atoms in total. The number of hydrogen-bond acceptors (Lipinski definition) is 3. The molecule has 8 heteroatoms. The number of esters is 1. The zero-order valence-electron chi connectivity index (χ0n) is 17.6. The molecule has 166 valence electrons. The highest BCUT2D eigenvalue weighted by molar-refractivity contribution is 5.80. The molecule has 2 aliphatic rings. The lowest BCUT2D eigenvalue weighted by atomic mass is 9.94. The van der Waals surface area contributed by atoms with Crippen molar-refractivity contribution in [2.75, 3.05) is 32.8 Å². The number of guanidine groups is 1. The lowest BCUT2D eigenvalue weighted by Gasteiger charge is -2.33. The monoisotopic (exact) mass is 425 g/mol. The van der Waals surface area contributed by atoms with Gasteiger partial charge in [-0.25, -0.2) is 0 Å². The maximum atomic E-state index is 13.1. The number of alkyl halides is 3. The normalized spacial score (nSPS) is 19.5. The minimum absolute atomic E-state index is 0.0797. The van der Waals surface area contributed by atoms with Gasteiger partial charge in [0.25, 0.3) is 0 Å². The van der Waals surface area contributed by atoms with Gasteiger partial charge in [-0.2, -0.15) is 13.2 Å². The molecule has 0 bridgehead atoms. The Bertz CT molecular complexity index is 767. The fourth-order valence-electron chi connectivity index (χ4n) is 3.95. The van der Waals surface area contributed by atoms with Crippen LogP contribution in [0.4, 0.5) is 13.2 Å². The zero-order valence-corrected chi connectivity index (χ0v) is 17.6. The lowest BCUT2D eigenvalue weighted by Crippen LogP contribution is -2.47. The summed E-state index contributed by atoms with van der Waals surface area (Å²) in [6, 6.07) is 5.63. The molecule has 0 spiro atoms. The zero-order chi connectivity index (χ0) is 21.8. The van der Waals surface area contributed by atoms with Crippen LogP contribution in [-0.2, 0) is 21.1 Å². The van der Waals surface area contributed by atoms with E-state index in [0.717, 1.165) is 24.9 Å². The van der Waals surface area contributed by atoms with Gasteiger partial charge in [0.2, 0.25) is 0 Å². The Morgan fingerprint density at radius 1 is 1.27 bits per heavy atom. The third-order valence-corrected chi connectivity index (χ3v) is 5.94. The van der Waals surface area contributed by atoms with E-state index in [1.165, 1.54) is 12.1 Å². The number of nitrogens with zero attached hydrogens (tertiary/aromatic N) is 2. The van der Waals surface area contributed by atoms with Gasteiger partial charge >= 0.3 is 12.1 Å². The summed E-state index contributed by atoms with van der Waals surface area (Å²) < 4.78 is 44.4. The smallest absolute Gasteiger partial charge is 0.416 e. The van der Waals surface area contributed by atoms with E-state index >= 15 is 0 Å². The maximum absolute atomic E-state index is 13.1. The number of carbonyl (C=O) groups is 1. The summed E-state index contributed by atoms with van der Waals surface area (Å²) in [6.07, 6.45) is -1.25. The third kappa shape index (κ3) is 5.26. The van der Waals surface area contributed by atoms with Gasteiger partial charge in [-0.15, -0.1) is 0 Å². The largest absolute Gasteiger partial charge is 0.466 e. The number of hydrogen-bond donors (Lipinski definition) is 1. The van der Waals surface area contributed by atoms with Gasteiger partial charge < -0.3 is 15.0 Å². The number of ether oxygens (including phenoxy) is 1. The van der Waals surface area contributed by atoms with Crippen LogP contribution in [0, 0.1) is 5.92 Å². The van der Waals surface area contributed by atoms with Crippen molar-refractivity contribution in [3.63, 3.8) is 0 Å². The molecule has 2 fully saturated rings. The molecule has 0 amide bonds. The highest BCUT2D eigenvalue weighted by atomic mass is 19.4. The predicted molar refractivity (Wildman–Crippen MR) is 109 cm³/mol. The van der Waals surface area contributed by atoms with Crippen LogP contribution in [0.1, 0.15) is 50.7 Å². The fraction of sp³-hybridized carbons (Fsp3) is 0.636. The molecule has 0 aromatic heterocycles. The van der Waals surface area contributed by atoms with E-state index in [2.05, 4.69) is 10.2 Å². The minimum Gasteiger partial charge on any atom is -0.466 e. The van der Waals surface area contributed by atoms with Crippen molar-refractivity contribution in [3.8, 4) is 0 Å². The van der Waals surface area contributed by atoms with Crippen molar-refractivity contribution >= 4 is 11.9 Å². The van der Waals surface area contributed by atoms with Gasteiger partial charge in [0.15, 0.2) is 5.96 Å². The summed E-state index contributed by atoms with van der Waals surface area (Å²) in [5.41, 5.74) is -0.216. The molecule has 1 heterocycles. The molecule has 1 saturated heterocycles. The lowest BCUT2D eigenvalue weighted by molar-refractivity contribution is -0.149. The fourth-order valence-corrected chi connectivity index (χ4v) is 3.95. The van der Waals surface area contributed by atoms with Crippen LogP contribution in [0.5, 0.6) is 0 Å². The molecule has 3 rings (SSSR count). The van der Waals surface area contributed by atoms with Gasteiger partial charge in [-0.1, -0.05) is 18.2 Å². The number of likely N-dealkylation sites (tertiary alicyclic amines) is 1. The van der Waals surface area contributed by atoms with Crippen molar-refractivity contribution < 1.29 is 22.7 Å². The first-order valence-corrected chi connectivity index (χ1v) is 10.7. The SMILES string of the molecule is CCNC(=NCC1(c2cccc(C(F)(F)F)c2)CC1)N1CCC(C(=O)OCC)CC1. The van der Waals surface area contributed by atoms with Crippen molar-refractivity contribution in [2.45, 2.75) is 51.1 Å². The highest BCUT2D eigenvalue weighted by Crippen LogP contribution is 2.49. The average molecular weight is 425 g/mol. The van der Waals surface area contributed by atoms with Crippen molar-refractivity contribution in [1.82, 2.24) is 10.2 Å². The third-order valence-electron chi connectivity index (χ3n) is 5.94. The summed E-state index contributed by atoms with van der Waals surface area (Å²) in [4.78, 5) is 18.9. The molecule has 1 aliphatic heterocycles. The topological polar surface area (TPSA) is 53.9 Å². The van der Waals surface area contributed by atoms with Crippen LogP contribution in [0.3, 0.4) is 0 Å². The number of carbonyl (C=O) groups excluding carboxylic acids is 1. The van der Waals surface area contributed by atoms with E-state index in [-0.39, 0.29) is 17.3 Å². The van der Waals surface area contributed by atoms with E-state index in [4.69, 9.17) is 9.73 Å².